The molecular formula is C15H16F4O3. The van der Waals surface area contributed by atoms with Gasteiger partial charge in [0.15, 0.2) is 0 Å². The predicted octanol–water partition coefficient (Wildman–Crippen LogP) is 4.17. The lowest BCUT2D eigenvalue weighted by atomic mass is 9.98. The second kappa shape index (κ2) is 6.54. The molecule has 0 bridgehead atoms. The molecule has 0 amide bonds. The number of para-hydroxylation sites is 1. The van der Waals surface area contributed by atoms with Gasteiger partial charge in [0.1, 0.15) is 11.9 Å². The fraction of sp³-hybridized carbons (Fsp3) is 0.533. The Morgan fingerprint density at radius 1 is 1.00 bits per heavy atom. The van der Waals surface area contributed by atoms with Gasteiger partial charge in [0.25, 0.3) is 0 Å². The van der Waals surface area contributed by atoms with Crippen molar-refractivity contribution in [3.8, 4) is 5.75 Å². The molecule has 3 nitrogen and oxygen atoms in total. The molecule has 1 saturated carbocycles. The molecule has 1 aliphatic carbocycles. The summed E-state index contributed by atoms with van der Waals surface area (Å²) >= 11 is 0. The maximum absolute atomic E-state index is 13.7. The van der Waals surface area contributed by atoms with Gasteiger partial charge >= 0.3 is 18.0 Å². The predicted molar refractivity (Wildman–Crippen MR) is 69.9 cm³/mol. The zero-order valence-electron chi connectivity index (χ0n) is 11.7. The third kappa shape index (κ3) is 3.69. The van der Waals surface area contributed by atoms with Gasteiger partial charge in [-0.1, -0.05) is 24.6 Å². The number of carbonyl (C=O) groups excluding carboxylic acids is 1. The molecule has 1 fully saturated rings. The molecule has 0 spiro atoms. The summed E-state index contributed by atoms with van der Waals surface area (Å²) in [5.41, 5.74) is 0. The first-order valence-corrected chi connectivity index (χ1v) is 7.04. The monoisotopic (exact) mass is 320 g/mol. The zero-order chi connectivity index (χ0) is 16.2. The van der Waals surface area contributed by atoms with Gasteiger partial charge in [-0.05, 0) is 37.8 Å². The standard InChI is InChI=1S/C15H16F4O3/c16-14(17,13(20)21-11-7-3-1-4-8-11)15(18,19)22-12-9-5-2-6-10-12/h2,5-6,9-11H,1,3-4,7-8H2. The number of ether oxygens (including phenoxy) is 2. The van der Waals surface area contributed by atoms with Crippen molar-refractivity contribution in [3.05, 3.63) is 30.3 Å². The Kier molecular flexibility index (Phi) is 4.93. The second-order valence-corrected chi connectivity index (χ2v) is 5.17. The molecule has 1 aliphatic rings. The summed E-state index contributed by atoms with van der Waals surface area (Å²) in [6.07, 6.45) is -2.54. The van der Waals surface area contributed by atoms with Crippen LogP contribution in [0.1, 0.15) is 32.1 Å². The molecular weight excluding hydrogens is 304 g/mol. The van der Waals surface area contributed by atoms with E-state index in [1.54, 1.807) is 0 Å². The van der Waals surface area contributed by atoms with Crippen molar-refractivity contribution in [1.29, 1.82) is 0 Å². The average Bonchev–Trinajstić information content (AvgIpc) is 2.48. The Hall–Kier alpha value is -1.79. The van der Waals surface area contributed by atoms with Crippen molar-refractivity contribution in [2.75, 3.05) is 0 Å². The normalized spacial score (nSPS) is 17.1. The molecule has 0 heterocycles. The van der Waals surface area contributed by atoms with Gasteiger partial charge in [-0.15, -0.1) is 0 Å². The van der Waals surface area contributed by atoms with E-state index in [2.05, 4.69) is 9.47 Å². The summed E-state index contributed by atoms with van der Waals surface area (Å²) in [5.74, 6) is -7.77. The van der Waals surface area contributed by atoms with Crippen LogP contribution in [0.4, 0.5) is 17.6 Å². The molecule has 122 valence electrons. The van der Waals surface area contributed by atoms with Gasteiger partial charge < -0.3 is 9.47 Å². The highest BCUT2D eigenvalue weighted by Crippen LogP contribution is 2.38. The summed E-state index contributed by atoms with van der Waals surface area (Å²) in [7, 11) is 0. The van der Waals surface area contributed by atoms with Crippen molar-refractivity contribution < 1.29 is 31.8 Å². The van der Waals surface area contributed by atoms with Crippen LogP contribution >= 0.6 is 0 Å². The Labute approximate surface area is 125 Å². The van der Waals surface area contributed by atoms with E-state index >= 15 is 0 Å². The Morgan fingerprint density at radius 2 is 1.59 bits per heavy atom. The van der Waals surface area contributed by atoms with E-state index in [1.807, 2.05) is 0 Å². The van der Waals surface area contributed by atoms with Crippen molar-refractivity contribution in [2.24, 2.45) is 0 Å². The minimum Gasteiger partial charge on any atom is -0.458 e. The molecule has 0 aliphatic heterocycles. The van der Waals surface area contributed by atoms with Crippen LogP contribution in [0.15, 0.2) is 30.3 Å². The number of esters is 1. The minimum atomic E-state index is -5.06. The fourth-order valence-corrected chi connectivity index (χ4v) is 2.23. The van der Waals surface area contributed by atoms with Crippen LogP contribution in [-0.4, -0.2) is 24.1 Å². The lowest BCUT2D eigenvalue weighted by Crippen LogP contribution is -2.52. The summed E-state index contributed by atoms with van der Waals surface area (Å²) in [6.45, 7) is 0. The quantitative estimate of drug-likeness (QED) is 0.603. The third-order valence-corrected chi connectivity index (χ3v) is 3.44. The van der Waals surface area contributed by atoms with E-state index in [0.717, 1.165) is 31.4 Å². The van der Waals surface area contributed by atoms with E-state index in [-0.39, 0.29) is 0 Å². The molecule has 0 unspecified atom stereocenters. The van der Waals surface area contributed by atoms with Crippen LogP contribution < -0.4 is 4.74 Å². The smallest absolute Gasteiger partial charge is 0.458 e. The van der Waals surface area contributed by atoms with Crippen LogP contribution in [0.2, 0.25) is 0 Å². The molecule has 0 radical (unpaired) electrons. The molecule has 7 heteroatoms. The average molecular weight is 320 g/mol. The minimum absolute atomic E-state index is 0.410. The molecule has 0 atom stereocenters. The molecule has 0 aromatic heterocycles. The Morgan fingerprint density at radius 3 is 2.18 bits per heavy atom. The number of benzene rings is 1. The molecule has 2 rings (SSSR count). The highest BCUT2D eigenvalue weighted by atomic mass is 19.3. The number of halogens is 4. The number of alkyl halides is 4. The second-order valence-electron chi connectivity index (χ2n) is 5.17. The van der Waals surface area contributed by atoms with Crippen LogP contribution in [0.5, 0.6) is 5.75 Å². The molecule has 0 N–H and O–H groups in total. The van der Waals surface area contributed by atoms with Crippen LogP contribution in [0.3, 0.4) is 0 Å². The van der Waals surface area contributed by atoms with E-state index in [9.17, 15) is 22.4 Å². The van der Waals surface area contributed by atoms with E-state index in [1.165, 1.54) is 18.2 Å². The lowest BCUT2D eigenvalue weighted by Gasteiger charge is -2.28. The van der Waals surface area contributed by atoms with Crippen LogP contribution in [0, 0.1) is 0 Å². The summed E-state index contributed by atoms with van der Waals surface area (Å²) in [4.78, 5) is 11.4. The molecule has 22 heavy (non-hydrogen) atoms. The van der Waals surface area contributed by atoms with Gasteiger partial charge in [0.05, 0.1) is 0 Å². The first-order valence-electron chi connectivity index (χ1n) is 7.04. The van der Waals surface area contributed by atoms with Crippen molar-refractivity contribution >= 4 is 5.97 Å². The Bertz CT molecular complexity index is 499. The SMILES string of the molecule is O=C(OC1CCCCC1)C(F)(F)C(F)(F)Oc1ccccc1. The van der Waals surface area contributed by atoms with E-state index < -0.39 is 29.9 Å². The lowest BCUT2D eigenvalue weighted by molar-refractivity contribution is -0.305. The van der Waals surface area contributed by atoms with E-state index in [0.29, 0.717) is 12.8 Å². The van der Waals surface area contributed by atoms with E-state index in [4.69, 9.17) is 0 Å². The maximum atomic E-state index is 13.7. The summed E-state index contributed by atoms with van der Waals surface area (Å²) in [6, 6.07) is 6.40. The number of hydrogen-bond donors (Lipinski definition) is 0. The van der Waals surface area contributed by atoms with Crippen LogP contribution in [-0.2, 0) is 9.53 Å². The highest BCUT2D eigenvalue weighted by molar-refractivity contribution is 5.78. The first kappa shape index (κ1) is 16.6. The van der Waals surface area contributed by atoms with Gasteiger partial charge in [-0.25, -0.2) is 4.79 Å². The molecule has 1 aromatic rings. The number of carbonyl (C=O) groups is 1. The Balaban J connectivity index is 2.04. The van der Waals surface area contributed by atoms with Crippen molar-refractivity contribution in [3.63, 3.8) is 0 Å². The van der Waals surface area contributed by atoms with Crippen molar-refractivity contribution in [2.45, 2.75) is 50.2 Å². The topological polar surface area (TPSA) is 35.5 Å². The number of hydrogen-bond acceptors (Lipinski definition) is 3. The van der Waals surface area contributed by atoms with Gasteiger partial charge in [0, 0.05) is 0 Å². The van der Waals surface area contributed by atoms with Crippen molar-refractivity contribution in [1.82, 2.24) is 0 Å². The van der Waals surface area contributed by atoms with Crippen LogP contribution in [0.25, 0.3) is 0 Å². The fourth-order valence-electron chi connectivity index (χ4n) is 2.23. The maximum Gasteiger partial charge on any atom is 0.476 e. The summed E-state index contributed by atoms with van der Waals surface area (Å²) < 4.78 is 63.1. The zero-order valence-corrected chi connectivity index (χ0v) is 11.7. The highest BCUT2D eigenvalue weighted by Gasteiger charge is 2.66. The van der Waals surface area contributed by atoms with Gasteiger partial charge in [0.2, 0.25) is 0 Å². The molecule has 1 aromatic carbocycles. The third-order valence-electron chi connectivity index (χ3n) is 3.44. The largest absolute Gasteiger partial charge is 0.476 e. The summed E-state index contributed by atoms with van der Waals surface area (Å²) in [5, 5.41) is 0. The van der Waals surface area contributed by atoms with Gasteiger partial charge in [-0.3, -0.25) is 0 Å². The first-order chi connectivity index (χ1) is 10.3. The number of rotatable bonds is 5. The molecule has 0 saturated heterocycles. The van der Waals surface area contributed by atoms with Gasteiger partial charge in [-0.2, -0.15) is 17.6 Å².